The van der Waals surface area contributed by atoms with Crippen molar-refractivity contribution < 1.29 is 9.59 Å². The van der Waals surface area contributed by atoms with E-state index in [4.69, 9.17) is 0 Å². The van der Waals surface area contributed by atoms with Gasteiger partial charge in [0.2, 0.25) is 5.91 Å². The van der Waals surface area contributed by atoms with Crippen molar-refractivity contribution in [2.45, 2.75) is 19.4 Å². The summed E-state index contributed by atoms with van der Waals surface area (Å²) in [7, 11) is 0. The van der Waals surface area contributed by atoms with Gasteiger partial charge in [0.15, 0.2) is 0 Å². The van der Waals surface area contributed by atoms with Gasteiger partial charge in [0, 0.05) is 29.2 Å². The van der Waals surface area contributed by atoms with Crippen molar-refractivity contribution in [3.63, 3.8) is 0 Å². The molecule has 2 amide bonds. The fraction of sp³-hybridized carbons (Fsp3) is 0.182. The van der Waals surface area contributed by atoms with Crippen LogP contribution < -0.4 is 5.32 Å². The van der Waals surface area contributed by atoms with Gasteiger partial charge in [-0.25, -0.2) is 0 Å². The van der Waals surface area contributed by atoms with Crippen LogP contribution in [0, 0.1) is 0 Å². The number of nitrogens with zero attached hydrogens (tertiary/aromatic N) is 1. The Morgan fingerprint density at radius 3 is 2.63 bits per heavy atom. The fourth-order valence-electron chi connectivity index (χ4n) is 3.35. The number of hydrogen-bond donors (Lipinski definition) is 1. The number of amides is 2. The van der Waals surface area contributed by atoms with Crippen molar-refractivity contribution >= 4 is 28.8 Å². The number of benzene rings is 2. The molecule has 27 heavy (non-hydrogen) atoms. The van der Waals surface area contributed by atoms with Crippen LogP contribution in [0.15, 0.2) is 66.0 Å². The molecule has 4 rings (SSSR count). The molecule has 2 heterocycles. The quantitative estimate of drug-likeness (QED) is 0.744. The lowest BCUT2D eigenvalue weighted by Gasteiger charge is -2.29. The molecule has 0 radical (unpaired) electrons. The number of thiophene rings is 1. The molecule has 1 aliphatic rings. The van der Waals surface area contributed by atoms with E-state index < -0.39 is 0 Å². The van der Waals surface area contributed by atoms with Gasteiger partial charge in [0.25, 0.3) is 5.91 Å². The molecule has 4 nitrogen and oxygen atoms in total. The SMILES string of the molecule is O=C(Cc1cccs1)Nc1ccc2c(c1)CN(C(=O)c1ccccc1)CC2. The van der Waals surface area contributed by atoms with Crippen LogP contribution in [0.3, 0.4) is 0 Å². The van der Waals surface area contributed by atoms with Gasteiger partial charge in [-0.15, -0.1) is 11.3 Å². The van der Waals surface area contributed by atoms with Crippen molar-refractivity contribution in [2.24, 2.45) is 0 Å². The second-order valence-electron chi connectivity index (χ2n) is 6.63. The Labute approximate surface area is 162 Å². The van der Waals surface area contributed by atoms with Crippen molar-refractivity contribution in [3.8, 4) is 0 Å². The van der Waals surface area contributed by atoms with E-state index in [1.807, 2.05) is 64.9 Å². The molecule has 2 aromatic carbocycles. The third kappa shape index (κ3) is 4.09. The smallest absolute Gasteiger partial charge is 0.254 e. The second kappa shape index (κ2) is 7.76. The maximum atomic E-state index is 12.7. The summed E-state index contributed by atoms with van der Waals surface area (Å²) in [6, 6.07) is 19.3. The number of anilines is 1. The van der Waals surface area contributed by atoms with Crippen LogP contribution in [-0.2, 0) is 24.2 Å². The number of nitrogens with one attached hydrogen (secondary N) is 1. The van der Waals surface area contributed by atoms with E-state index in [9.17, 15) is 9.59 Å². The van der Waals surface area contributed by atoms with Crippen LogP contribution in [0.25, 0.3) is 0 Å². The van der Waals surface area contributed by atoms with Crippen LogP contribution in [0.4, 0.5) is 5.69 Å². The first-order valence-corrected chi connectivity index (χ1v) is 9.85. The monoisotopic (exact) mass is 376 g/mol. The van der Waals surface area contributed by atoms with Gasteiger partial charge in [0.1, 0.15) is 0 Å². The standard InChI is InChI=1S/C22H20N2O2S/c25-21(14-20-7-4-12-27-20)23-19-9-8-16-10-11-24(15-18(16)13-19)22(26)17-5-2-1-3-6-17/h1-9,12-13H,10-11,14-15H2,(H,23,25). The van der Waals surface area contributed by atoms with Gasteiger partial charge in [0.05, 0.1) is 6.42 Å². The zero-order chi connectivity index (χ0) is 18.6. The van der Waals surface area contributed by atoms with Crippen LogP contribution in [-0.4, -0.2) is 23.3 Å². The maximum Gasteiger partial charge on any atom is 0.254 e. The topological polar surface area (TPSA) is 49.4 Å². The predicted molar refractivity (Wildman–Crippen MR) is 108 cm³/mol. The summed E-state index contributed by atoms with van der Waals surface area (Å²) < 4.78 is 0. The number of carbonyl (C=O) groups is 2. The summed E-state index contributed by atoms with van der Waals surface area (Å²) in [6.45, 7) is 1.28. The highest BCUT2D eigenvalue weighted by Gasteiger charge is 2.22. The van der Waals surface area contributed by atoms with Crippen molar-refractivity contribution in [3.05, 3.63) is 87.6 Å². The minimum Gasteiger partial charge on any atom is -0.334 e. The van der Waals surface area contributed by atoms with E-state index in [2.05, 4.69) is 11.4 Å². The Bertz CT molecular complexity index is 952. The molecule has 0 bridgehead atoms. The number of hydrogen-bond acceptors (Lipinski definition) is 3. The highest BCUT2D eigenvalue weighted by atomic mass is 32.1. The first-order chi connectivity index (χ1) is 13.2. The fourth-order valence-corrected chi connectivity index (χ4v) is 4.05. The Morgan fingerprint density at radius 2 is 1.85 bits per heavy atom. The summed E-state index contributed by atoms with van der Waals surface area (Å²) in [5, 5.41) is 4.94. The molecule has 0 aliphatic carbocycles. The van der Waals surface area contributed by atoms with Crippen molar-refractivity contribution in [1.82, 2.24) is 4.90 Å². The zero-order valence-electron chi connectivity index (χ0n) is 14.9. The zero-order valence-corrected chi connectivity index (χ0v) is 15.7. The van der Waals surface area contributed by atoms with Gasteiger partial charge in [-0.05, 0) is 53.3 Å². The van der Waals surface area contributed by atoms with Gasteiger partial charge in [-0.3, -0.25) is 9.59 Å². The van der Waals surface area contributed by atoms with Gasteiger partial charge < -0.3 is 10.2 Å². The molecule has 1 aromatic heterocycles. The first kappa shape index (κ1) is 17.5. The molecule has 0 fully saturated rings. The van der Waals surface area contributed by atoms with Crippen LogP contribution in [0.2, 0.25) is 0 Å². The van der Waals surface area contributed by atoms with Gasteiger partial charge in [-0.2, -0.15) is 0 Å². The van der Waals surface area contributed by atoms with Gasteiger partial charge >= 0.3 is 0 Å². The van der Waals surface area contributed by atoms with E-state index in [0.29, 0.717) is 25.1 Å². The minimum absolute atomic E-state index is 0.0228. The lowest BCUT2D eigenvalue weighted by atomic mass is 9.98. The predicted octanol–water partition coefficient (Wildman–Crippen LogP) is 4.13. The molecule has 1 aliphatic heterocycles. The Kier molecular flexibility index (Phi) is 5.03. The molecular formula is C22H20N2O2S. The molecule has 136 valence electrons. The second-order valence-corrected chi connectivity index (χ2v) is 7.66. The van der Waals surface area contributed by atoms with E-state index in [1.54, 1.807) is 11.3 Å². The highest BCUT2D eigenvalue weighted by Crippen LogP contribution is 2.24. The summed E-state index contributed by atoms with van der Waals surface area (Å²) in [6.07, 6.45) is 1.21. The molecule has 0 saturated heterocycles. The van der Waals surface area contributed by atoms with Gasteiger partial charge in [-0.1, -0.05) is 30.3 Å². The lowest BCUT2D eigenvalue weighted by molar-refractivity contribution is -0.115. The average Bonchev–Trinajstić information content (AvgIpc) is 3.20. The Balaban J connectivity index is 1.45. The molecule has 0 spiro atoms. The van der Waals surface area contributed by atoms with Crippen molar-refractivity contribution in [2.75, 3.05) is 11.9 Å². The maximum absolute atomic E-state index is 12.7. The van der Waals surface area contributed by atoms with E-state index in [-0.39, 0.29) is 11.8 Å². The van der Waals surface area contributed by atoms with Crippen LogP contribution in [0.1, 0.15) is 26.4 Å². The summed E-state index contributed by atoms with van der Waals surface area (Å²) in [4.78, 5) is 27.9. The van der Waals surface area contributed by atoms with Crippen LogP contribution in [0.5, 0.6) is 0 Å². The normalized spacial score (nSPS) is 13.1. The highest BCUT2D eigenvalue weighted by molar-refractivity contribution is 7.10. The van der Waals surface area contributed by atoms with Crippen LogP contribution >= 0.6 is 11.3 Å². The third-order valence-corrected chi connectivity index (χ3v) is 5.60. The molecular weight excluding hydrogens is 356 g/mol. The number of rotatable bonds is 4. The minimum atomic E-state index is -0.0228. The lowest BCUT2D eigenvalue weighted by Crippen LogP contribution is -2.36. The Morgan fingerprint density at radius 1 is 1.00 bits per heavy atom. The molecule has 0 unspecified atom stereocenters. The molecule has 0 atom stereocenters. The molecule has 3 aromatic rings. The van der Waals surface area contributed by atoms with E-state index in [1.165, 1.54) is 5.56 Å². The largest absolute Gasteiger partial charge is 0.334 e. The van der Waals surface area contributed by atoms with E-state index >= 15 is 0 Å². The molecule has 0 saturated carbocycles. The van der Waals surface area contributed by atoms with E-state index in [0.717, 1.165) is 22.5 Å². The average molecular weight is 376 g/mol. The molecule has 1 N–H and O–H groups in total. The molecule has 5 heteroatoms. The number of carbonyl (C=O) groups excluding carboxylic acids is 2. The third-order valence-electron chi connectivity index (χ3n) is 4.73. The van der Waals surface area contributed by atoms with Crippen molar-refractivity contribution in [1.29, 1.82) is 0 Å². The first-order valence-electron chi connectivity index (χ1n) is 8.97. The summed E-state index contributed by atoms with van der Waals surface area (Å²) >= 11 is 1.58. The summed E-state index contributed by atoms with van der Waals surface area (Å²) in [5.41, 5.74) is 3.83. The number of fused-ring (bicyclic) bond motifs is 1. The Hall–Kier alpha value is -2.92. The summed E-state index contributed by atoms with van der Waals surface area (Å²) in [5.74, 6) is 0.0267.